The van der Waals surface area contributed by atoms with E-state index in [2.05, 4.69) is 5.32 Å². The summed E-state index contributed by atoms with van der Waals surface area (Å²) in [6.45, 7) is 1.66. The topological polar surface area (TPSA) is 86.4 Å². The first-order valence-electron chi connectivity index (χ1n) is 11.2. The number of hydrogen-bond acceptors (Lipinski definition) is 6. The van der Waals surface area contributed by atoms with E-state index in [4.69, 9.17) is 14.1 Å². The number of para-hydroxylation sites is 1. The van der Waals surface area contributed by atoms with E-state index in [-0.39, 0.29) is 28.9 Å². The summed E-state index contributed by atoms with van der Waals surface area (Å²) in [6, 6.07) is 17.5. The first kappa shape index (κ1) is 21.7. The second-order valence-corrected chi connectivity index (χ2v) is 9.04. The number of ether oxygens (including phenoxy) is 1. The van der Waals surface area contributed by atoms with Crippen molar-refractivity contribution in [3.8, 4) is 0 Å². The monoisotopic (exact) mass is 463 g/mol. The molecule has 170 valence electrons. The summed E-state index contributed by atoms with van der Waals surface area (Å²) < 4.78 is 13.2. The van der Waals surface area contributed by atoms with Crippen molar-refractivity contribution in [1.82, 2.24) is 14.9 Å². The molecule has 4 aromatic rings. The van der Waals surface area contributed by atoms with E-state index in [1.54, 1.807) is 4.57 Å². The molecule has 3 heterocycles. The predicted octanol–water partition coefficient (Wildman–Crippen LogP) is 3.77. The van der Waals surface area contributed by atoms with Crippen molar-refractivity contribution in [2.75, 3.05) is 18.9 Å². The number of benzene rings is 2. The largest absolute Gasteiger partial charge is 0.448 e. The van der Waals surface area contributed by atoms with E-state index < -0.39 is 0 Å². The van der Waals surface area contributed by atoms with Crippen LogP contribution in [-0.4, -0.2) is 40.5 Å². The molecule has 2 aromatic heterocycles. The molecule has 33 heavy (non-hydrogen) atoms. The number of hydrogen-bond donors (Lipinski definition) is 1. The minimum atomic E-state index is -0.237. The van der Waals surface area contributed by atoms with Gasteiger partial charge in [-0.1, -0.05) is 54.2 Å². The molecular weight excluding hydrogens is 438 g/mol. The first-order chi connectivity index (χ1) is 16.2. The lowest BCUT2D eigenvalue weighted by molar-refractivity contribution is -0.118. The fraction of sp³-hybridized carbons (Fsp3) is 0.320. The second kappa shape index (κ2) is 9.80. The van der Waals surface area contributed by atoms with Crippen molar-refractivity contribution in [2.45, 2.75) is 37.1 Å². The van der Waals surface area contributed by atoms with Crippen molar-refractivity contribution in [2.24, 2.45) is 0 Å². The molecule has 0 saturated carbocycles. The molecule has 0 spiro atoms. The highest BCUT2D eigenvalue weighted by molar-refractivity contribution is 7.99. The highest BCUT2D eigenvalue weighted by atomic mass is 32.2. The number of rotatable bonds is 8. The molecule has 1 aliphatic heterocycles. The van der Waals surface area contributed by atoms with Gasteiger partial charge in [-0.15, -0.1) is 0 Å². The molecular formula is C25H25N3O4S. The maximum Gasteiger partial charge on any atom is 0.297 e. The highest BCUT2D eigenvalue weighted by Crippen LogP contribution is 2.28. The molecule has 0 radical (unpaired) electrons. The van der Waals surface area contributed by atoms with Gasteiger partial charge < -0.3 is 14.5 Å². The predicted molar refractivity (Wildman–Crippen MR) is 129 cm³/mol. The third-order valence-corrected chi connectivity index (χ3v) is 6.74. The summed E-state index contributed by atoms with van der Waals surface area (Å²) in [6.07, 6.45) is 2.61. The van der Waals surface area contributed by atoms with Crippen LogP contribution in [-0.2, 0) is 22.5 Å². The fourth-order valence-electron chi connectivity index (χ4n) is 4.09. The smallest absolute Gasteiger partial charge is 0.297 e. The zero-order valence-electron chi connectivity index (χ0n) is 18.2. The Balaban J connectivity index is 1.36. The Morgan fingerprint density at radius 1 is 1.15 bits per heavy atom. The van der Waals surface area contributed by atoms with Crippen LogP contribution in [0.15, 0.2) is 69.0 Å². The SMILES string of the molecule is O=C(CSc1nc2c(oc3ccccc32)c(=O)n1C[C@@H]1CCCO1)NCCc1ccccc1. The molecule has 1 fully saturated rings. The van der Waals surface area contributed by atoms with E-state index in [0.717, 1.165) is 24.6 Å². The normalized spacial score (nSPS) is 15.9. The van der Waals surface area contributed by atoms with E-state index in [1.807, 2.05) is 54.6 Å². The molecule has 1 amide bonds. The van der Waals surface area contributed by atoms with E-state index >= 15 is 0 Å². The summed E-state index contributed by atoms with van der Waals surface area (Å²) in [5.74, 6) is 0.0830. The molecule has 0 unspecified atom stereocenters. The van der Waals surface area contributed by atoms with Crippen LogP contribution in [0.2, 0.25) is 0 Å². The van der Waals surface area contributed by atoms with Gasteiger partial charge in [0.15, 0.2) is 5.16 Å². The molecule has 1 atom stereocenters. The number of carbonyl (C=O) groups excluding carboxylic acids is 1. The Kier molecular flexibility index (Phi) is 6.46. The summed E-state index contributed by atoms with van der Waals surface area (Å²) >= 11 is 1.27. The van der Waals surface area contributed by atoms with Gasteiger partial charge in [0.2, 0.25) is 11.5 Å². The van der Waals surface area contributed by atoms with Crippen molar-refractivity contribution >= 4 is 39.7 Å². The first-order valence-corrected chi connectivity index (χ1v) is 12.1. The molecule has 8 heteroatoms. The van der Waals surface area contributed by atoms with Crippen LogP contribution in [0.25, 0.3) is 22.1 Å². The second-order valence-electron chi connectivity index (χ2n) is 8.10. The molecule has 1 aliphatic rings. The molecule has 5 rings (SSSR count). The Hall–Kier alpha value is -3.10. The van der Waals surface area contributed by atoms with Crippen molar-refractivity contribution in [1.29, 1.82) is 0 Å². The van der Waals surface area contributed by atoms with Gasteiger partial charge >= 0.3 is 0 Å². The highest BCUT2D eigenvalue weighted by Gasteiger charge is 2.23. The summed E-state index contributed by atoms with van der Waals surface area (Å²) in [7, 11) is 0. The van der Waals surface area contributed by atoms with Gasteiger partial charge in [-0.3, -0.25) is 14.2 Å². The van der Waals surface area contributed by atoms with Crippen LogP contribution < -0.4 is 10.9 Å². The number of amides is 1. The lowest BCUT2D eigenvalue weighted by Crippen LogP contribution is -2.30. The number of aromatic nitrogens is 2. The van der Waals surface area contributed by atoms with Crippen LogP contribution in [0.4, 0.5) is 0 Å². The average Bonchev–Trinajstić information content (AvgIpc) is 3.48. The number of nitrogens with zero attached hydrogens (tertiary/aromatic N) is 2. The Morgan fingerprint density at radius 3 is 2.79 bits per heavy atom. The minimum Gasteiger partial charge on any atom is -0.448 e. The Morgan fingerprint density at radius 2 is 1.97 bits per heavy atom. The van der Waals surface area contributed by atoms with E-state index in [0.29, 0.717) is 36.0 Å². The minimum absolute atomic E-state index is 0.0367. The van der Waals surface area contributed by atoms with Gasteiger partial charge in [-0.05, 0) is 37.0 Å². The lowest BCUT2D eigenvalue weighted by atomic mass is 10.1. The number of fused-ring (bicyclic) bond motifs is 3. The quantitative estimate of drug-likeness (QED) is 0.316. The van der Waals surface area contributed by atoms with Crippen LogP contribution in [0, 0.1) is 0 Å². The van der Waals surface area contributed by atoms with Gasteiger partial charge in [0.1, 0.15) is 11.1 Å². The van der Waals surface area contributed by atoms with Crippen LogP contribution in [0.3, 0.4) is 0 Å². The van der Waals surface area contributed by atoms with Gasteiger partial charge in [-0.25, -0.2) is 4.98 Å². The van der Waals surface area contributed by atoms with Gasteiger partial charge in [0.05, 0.1) is 18.4 Å². The number of carbonyl (C=O) groups is 1. The molecule has 1 saturated heterocycles. The Bertz CT molecular complexity index is 1330. The van der Waals surface area contributed by atoms with Gasteiger partial charge in [0.25, 0.3) is 5.56 Å². The van der Waals surface area contributed by atoms with Gasteiger partial charge in [0, 0.05) is 18.5 Å². The zero-order valence-corrected chi connectivity index (χ0v) is 19.0. The summed E-state index contributed by atoms with van der Waals surface area (Å²) in [5, 5.41) is 4.25. The standard InChI is InChI=1S/C25H25N3O4S/c29-21(26-13-12-17-7-2-1-3-8-17)16-33-25-27-22-19-10-4-5-11-20(19)32-23(22)24(30)28(25)15-18-9-6-14-31-18/h1-5,7-8,10-11,18H,6,9,12-16H2,(H,26,29)/t18-/m0/s1. The molecule has 7 nitrogen and oxygen atoms in total. The van der Waals surface area contributed by atoms with Crippen molar-refractivity contribution in [3.63, 3.8) is 0 Å². The van der Waals surface area contributed by atoms with Crippen molar-refractivity contribution in [3.05, 3.63) is 70.5 Å². The molecule has 1 N–H and O–H groups in total. The number of furan rings is 1. The fourth-order valence-corrected chi connectivity index (χ4v) is 4.92. The molecule has 0 bridgehead atoms. The zero-order chi connectivity index (χ0) is 22.6. The van der Waals surface area contributed by atoms with Crippen LogP contribution in [0.5, 0.6) is 0 Å². The Labute approximate surface area is 195 Å². The lowest BCUT2D eigenvalue weighted by Gasteiger charge is -2.15. The van der Waals surface area contributed by atoms with Gasteiger partial charge in [-0.2, -0.15) is 0 Å². The number of nitrogens with one attached hydrogen (secondary N) is 1. The maximum atomic E-state index is 13.3. The number of thioether (sulfide) groups is 1. The van der Waals surface area contributed by atoms with Crippen LogP contribution >= 0.6 is 11.8 Å². The summed E-state index contributed by atoms with van der Waals surface area (Å²) in [5.41, 5.74) is 2.34. The van der Waals surface area contributed by atoms with E-state index in [9.17, 15) is 9.59 Å². The maximum absolute atomic E-state index is 13.3. The third kappa shape index (κ3) is 4.82. The van der Waals surface area contributed by atoms with E-state index in [1.165, 1.54) is 17.3 Å². The van der Waals surface area contributed by atoms with Crippen molar-refractivity contribution < 1.29 is 13.9 Å². The molecule has 0 aliphatic carbocycles. The summed E-state index contributed by atoms with van der Waals surface area (Å²) in [4.78, 5) is 30.6. The van der Waals surface area contributed by atoms with Crippen LogP contribution in [0.1, 0.15) is 18.4 Å². The average molecular weight is 464 g/mol. The molecule has 2 aromatic carbocycles. The third-order valence-electron chi connectivity index (χ3n) is 5.77.